The molecule has 1 aliphatic carbocycles. The fraction of sp³-hybridized carbons (Fsp3) is 0.389. The predicted octanol–water partition coefficient (Wildman–Crippen LogP) is 4.25. The molecule has 1 saturated carbocycles. The predicted molar refractivity (Wildman–Crippen MR) is 85.9 cm³/mol. The molecule has 25 heavy (non-hydrogen) atoms. The maximum Gasteiger partial charge on any atom is 0.406 e. The summed E-state index contributed by atoms with van der Waals surface area (Å²) in [5.41, 5.74) is 2.03. The first-order valence-corrected chi connectivity index (χ1v) is 8.21. The van der Waals surface area contributed by atoms with Gasteiger partial charge < -0.3 is 0 Å². The van der Waals surface area contributed by atoms with Crippen molar-refractivity contribution >= 4 is 5.71 Å². The fourth-order valence-corrected chi connectivity index (χ4v) is 3.46. The Bertz CT molecular complexity index is 773. The topological polar surface area (TPSA) is 18.8 Å². The second-order valence-corrected chi connectivity index (χ2v) is 6.61. The van der Waals surface area contributed by atoms with Crippen molar-refractivity contribution < 1.29 is 17.6 Å². The SMILES string of the molecule is CC1=CC(c2ccc(F)cc2)=NC2=CCN(C(C3CC3)C(F)(F)F)N12. The molecule has 3 aliphatic rings. The van der Waals surface area contributed by atoms with E-state index in [9.17, 15) is 17.6 Å². The molecule has 0 radical (unpaired) electrons. The fourth-order valence-electron chi connectivity index (χ4n) is 3.46. The Morgan fingerprint density at radius 3 is 2.44 bits per heavy atom. The number of aliphatic imine (C=N–C) groups is 1. The van der Waals surface area contributed by atoms with Crippen LogP contribution in [0.25, 0.3) is 0 Å². The van der Waals surface area contributed by atoms with Crippen LogP contribution in [0.3, 0.4) is 0 Å². The van der Waals surface area contributed by atoms with Crippen molar-refractivity contribution in [1.29, 1.82) is 0 Å². The van der Waals surface area contributed by atoms with Crippen LogP contribution in [0.4, 0.5) is 17.6 Å². The molecule has 1 unspecified atom stereocenters. The summed E-state index contributed by atoms with van der Waals surface area (Å²) in [7, 11) is 0. The number of rotatable bonds is 3. The second kappa shape index (κ2) is 5.69. The van der Waals surface area contributed by atoms with E-state index in [4.69, 9.17) is 0 Å². The van der Waals surface area contributed by atoms with Crippen LogP contribution in [-0.4, -0.2) is 34.5 Å². The number of allylic oxidation sites excluding steroid dienone is 2. The Labute approximate surface area is 142 Å². The molecule has 0 aromatic heterocycles. The van der Waals surface area contributed by atoms with Gasteiger partial charge in [0.05, 0.1) is 5.71 Å². The van der Waals surface area contributed by atoms with Gasteiger partial charge >= 0.3 is 6.18 Å². The quantitative estimate of drug-likeness (QED) is 0.759. The summed E-state index contributed by atoms with van der Waals surface area (Å²) in [5, 5.41) is 2.92. The highest BCUT2D eigenvalue weighted by atomic mass is 19.4. The van der Waals surface area contributed by atoms with Gasteiger partial charge in [-0.25, -0.2) is 9.38 Å². The average molecular weight is 351 g/mol. The van der Waals surface area contributed by atoms with Gasteiger partial charge in [-0.1, -0.05) is 0 Å². The zero-order valence-electron chi connectivity index (χ0n) is 13.6. The average Bonchev–Trinajstić information content (AvgIpc) is 3.26. The third kappa shape index (κ3) is 2.97. The molecule has 132 valence electrons. The third-order valence-corrected chi connectivity index (χ3v) is 4.71. The van der Waals surface area contributed by atoms with Crippen LogP contribution in [0.2, 0.25) is 0 Å². The normalized spacial score (nSPS) is 22.3. The van der Waals surface area contributed by atoms with Crippen molar-refractivity contribution in [2.45, 2.75) is 32.0 Å². The van der Waals surface area contributed by atoms with E-state index in [0.29, 0.717) is 30.1 Å². The molecule has 1 fully saturated rings. The lowest BCUT2D eigenvalue weighted by Gasteiger charge is -2.39. The van der Waals surface area contributed by atoms with Gasteiger partial charge in [0.15, 0.2) is 0 Å². The molecule has 2 aliphatic heterocycles. The summed E-state index contributed by atoms with van der Waals surface area (Å²) in [6.45, 7) is 1.95. The van der Waals surface area contributed by atoms with Gasteiger partial charge in [0.1, 0.15) is 17.7 Å². The number of benzene rings is 1. The number of fused-ring (bicyclic) bond motifs is 1. The van der Waals surface area contributed by atoms with Gasteiger partial charge in [-0.3, -0.25) is 5.01 Å². The smallest absolute Gasteiger partial charge is 0.261 e. The van der Waals surface area contributed by atoms with E-state index < -0.39 is 12.2 Å². The van der Waals surface area contributed by atoms with E-state index in [2.05, 4.69) is 4.99 Å². The van der Waals surface area contributed by atoms with Crippen molar-refractivity contribution in [3.8, 4) is 0 Å². The van der Waals surface area contributed by atoms with E-state index >= 15 is 0 Å². The van der Waals surface area contributed by atoms with Gasteiger partial charge in [-0.2, -0.15) is 18.2 Å². The minimum atomic E-state index is -4.27. The first kappa shape index (κ1) is 16.3. The lowest BCUT2D eigenvalue weighted by Crippen LogP contribution is -2.52. The first-order valence-electron chi connectivity index (χ1n) is 8.21. The number of hydrazine groups is 1. The van der Waals surface area contributed by atoms with Gasteiger partial charge in [0.2, 0.25) is 0 Å². The lowest BCUT2D eigenvalue weighted by molar-refractivity contribution is -0.212. The maximum atomic E-state index is 13.5. The molecular formula is C18H17F4N3. The highest BCUT2D eigenvalue weighted by Gasteiger charge is 2.54. The summed E-state index contributed by atoms with van der Waals surface area (Å²) < 4.78 is 53.7. The van der Waals surface area contributed by atoms with Crippen LogP contribution < -0.4 is 0 Å². The third-order valence-electron chi connectivity index (χ3n) is 4.71. The van der Waals surface area contributed by atoms with Crippen LogP contribution in [0, 0.1) is 11.7 Å². The van der Waals surface area contributed by atoms with Crippen LogP contribution in [0.5, 0.6) is 0 Å². The van der Waals surface area contributed by atoms with Gasteiger partial charge in [-0.05, 0) is 62.1 Å². The van der Waals surface area contributed by atoms with E-state index in [-0.39, 0.29) is 18.3 Å². The molecule has 0 saturated heterocycles. The number of hydrogen-bond donors (Lipinski definition) is 0. The van der Waals surface area contributed by atoms with Crippen LogP contribution in [-0.2, 0) is 0 Å². The standard InChI is InChI=1S/C18H17F4N3/c1-11-10-15(12-4-6-14(19)7-5-12)23-16-8-9-24(25(11)16)17(13-2-3-13)18(20,21)22/h4-8,10,13,17H,2-3,9H2,1H3. The van der Waals surface area contributed by atoms with E-state index in [1.807, 2.05) is 0 Å². The summed E-state index contributed by atoms with van der Waals surface area (Å²) in [4.78, 5) is 4.48. The molecule has 3 nitrogen and oxygen atoms in total. The molecule has 0 amide bonds. The maximum absolute atomic E-state index is 13.5. The molecule has 0 N–H and O–H groups in total. The molecule has 2 heterocycles. The van der Waals surface area contributed by atoms with Gasteiger partial charge in [0.25, 0.3) is 0 Å². The molecule has 1 atom stereocenters. The van der Waals surface area contributed by atoms with Crippen LogP contribution in [0.1, 0.15) is 25.3 Å². The largest absolute Gasteiger partial charge is 0.406 e. The Hall–Kier alpha value is -2.15. The lowest BCUT2D eigenvalue weighted by atomic mass is 10.1. The number of halogens is 4. The van der Waals surface area contributed by atoms with Crippen molar-refractivity contribution in [2.24, 2.45) is 10.9 Å². The highest BCUT2D eigenvalue weighted by molar-refractivity contribution is 6.10. The molecule has 1 aromatic carbocycles. The molecule has 0 spiro atoms. The van der Waals surface area contributed by atoms with Crippen molar-refractivity contribution in [1.82, 2.24) is 10.0 Å². The molecule has 4 rings (SSSR count). The zero-order chi connectivity index (χ0) is 17.8. The van der Waals surface area contributed by atoms with Gasteiger partial charge in [-0.15, -0.1) is 0 Å². The van der Waals surface area contributed by atoms with Crippen molar-refractivity contribution in [3.05, 3.63) is 59.3 Å². The Balaban J connectivity index is 1.64. The Kier molecular flexibility index (Phi) is 3.72. The minimum Gasteiger partial charge on any atom is -0.261 e. The zero-order valence-corrected chi connectivity index (χ0v) is 13.6. The minimum absolute atomic E-state index is 0.182. The summed E-state index contributed by atoms with van der Waals surface area (Å²) in [5.74, 6) is -0.191. The van der Waals surface area contributed by atoms with E-state index in [1.165, 1.54) is 17.1 Å². The molecule has 1 aromatic rings. The van der Waals surface area contributed by atoms with Crippen LogP contribution in [0.15, 0.2) is 52.9 Å². The van der Waals surface area contributed by atoms with Crippen LogP contribution >= 0.6 is 0 Å². The monoisotopic (exact) mass is 351 g/mol. The van der Waals surface area contributed by atoms with Crippen molar-refractivity contribution in [2.75, 3.05) is 6.54 Å². The van der Waals surface area contributed by atoms with E-state index in [1.54, 1.807) is 36.2 Å². The molecule has 0 bridgehead atoms. The highest BCUT2D eigenvalue weighted by Crippen LogP contribution is 2.46. The number of nitrogens with zero attached hydrogens (tertiary/aromatic N) is 3. The first-order chi connectivity index (χ1) is 11.8. The van der Waals surface area contributed by atoms with Gasteiger partial charge in [0, 0.05) is 17.8 Å². The molecule has 7 heteroatoms. The second-order valence-electron chi connectivity index (χ2n) is 6.61. The molecular weight excluding hydrogens is 334 g/mol. The van der Waals surface area contributed by atoms with E-state index in [0.717, 1.165) is 5.56 Å². The summed E-state index contributed by atoms with van der Waals surface area (Å²) in [6.07, 6.45) is 0.392. The summed E-state index contributed by atoms with van der Waals surface area (Å²) >= 11 is 0. The number of hydrogen-bond acceptors (Lipinski definition) is 3. The Morgan fingerprint density at radius 2 is 1.84 bits per heavy atom. The van der Waals surface area contributed by atoms with Crippen molar-refractivity contribution in [3.63, 3.8) is 0 Å². The summed E-state index contributed by atoms with van der Waals surface area (Å²) in [6, 6.07) is 4.44. The Morgan fingerprint density at radius 1 is 1.16 bits per heavy atom. The number of alkyl halides is 3.